The molecule has 0 aromatic rings. The van der Waals surface area contributed by atoms with Gasteiger partial charge in [0.15, 0.2) is 0 Å². The van der Waals surface area contributed by atoms with Gasteiger partial charge in [0.2, 0.25) is 0 Å². The Labute approximate surface area is 125 Å². The second-order valence-corrected chi connectivity index (χ2v) is 7.01. The molecule has 0 radical (unpaired) electrons. The first-order valence-electron chi connectivity index (χ1n) is 8.74. The van der Waals surface area contributed by atoms with Crippen LogP contribution in [0.15, 0.2) is 0 Å². The van der Waals surface area contributed by atoms with Gasteiger partial charge in [-0.15, -0.1) is 0 Å². The largest absolute Gasteiger partial charge is 0.375 e. The first kappa shape index (κ1) is 16.3. The van der Waals surface area contributed by atoms with E-state index < -0.39 is 0 Å². The second kappa shape index (κ2) is 8.35. The Morgan fingerprint density at radius 3 is 2.35 bits per heavy atom. The summed E-state index contributed by atoms with van der Waals surface area (Å²) in [5.74, 6) is 0. The predicted octanol–water partition coefficient (Wildman–Crippen LogP) is 3.19. The maximum Gasteiger partial charge on any atom is 0.0565 e. The summed E-state index contributed by atoms with van der Waals surface area (Å²) >= 11 is 0. The molecule has 3 nitrogen and oxygen atoms in total. The van der Waals surface area contributed by atoms with E-state index in [0.717, 1.165) is 12.6 Å². The first-order valence-corrected chi connectivity index (χ1v) is 8.74. The van der Waals surface area contributed by atoms with Crippen molar-refractivity contribution in [3.05, 3.63) is 0 Å². The van der Waals surface area contributed by atoms with E-state index in [1.807, 2.05) is 0 Å². The van der Waals surface area contributed by atoms with Crippen LogP contribution in [0.25, 0.3) is 0 Å². The van der Waals surface area contributed by atoms with Crippen LogP contribution < -0.4 is 5.32 Å². The standard InChI is InChI=1S/C17H34N2O/c1-14-12-16(13-15(2)20-14)18-10-7-11-19(3)17-8-5-4-6-9-17/h14-18H,4-13H2,1-3H3. The minimum absolute atomic E-state index is 0.418. The van der Waals surface area contributed by atoms with E-state index in [1.54, 1.807) is 0 Å². The zero-order chi connectivity index (χ0) is 14.4. The molecule has 118 valence electrons. The van der Waals surface area contributed by atoms with Crippen LogP contribution in [0.4, 0.5) is 0 Å². The number of rotatable bonds is 6. The second-order valence-electron chi connectivity index (χ2n) is 7.01. The summed E-state index contributed by atoms with van der Waals surface area (Å²) < 4.78 is 5.79. The molecule has 2 unspecified atom stereocenters. The van der Waals surface area contributed by atoms with Crippen molar-refractivity contribution in [2.24, 2.45) is 0 Å². The highest BCUT2D eigenvalue weighted by Gasteiger charge is 2.23. The van der Waals surface area contributed by atoms with Gasteiger partial charge >= 0.3 is 0 Å². The summed E-state index contributed by atoms with van der Waals surface area (Å²) in [4.78, 5) is 2.59. The smallest absolute Gasteiger partial charge is 0.0565 e. The summed E-state index contributed by atoms with van der Waals surface area (Å²) in [6, 6.07) is 1.51. The number of nitrogens with zero attached hydrogens (tertiary/aromatic N) is 1. The van der Waals surface area contributed by atoms with E-state index in [1.165, 1.54) is 57.9 Å². The quantitative estimate of drug-likeness (QED) is 0.757. The van der Waals surface area contributed by atoms with Gasteiger partial charge in [0, 0.05) is 12.1 Å². The maximum absolute atomic E-state index is 5.79. The molecule has 2 rings (SSSR count). The van der Waals surface area contributed by atoms with Crippen LogP contribution >= 0.6 is 0 Å². The van der Waals surface area contributed by atoms with Crippen LogP contribution in [0.1, 0.15) is 65.2 Å². The van der Waals surface area contributed by atoms with Crippen LogP contribution in [0.3, 0.4) is 0 Å². The lowest BCUT2D eigenvalue weighted by Crippen LogP contribution is -2.42. The molecule has 2 fully saturated rings. The van der Waals surface area contributed by atoms with Gasteiger partial charge in [-0.3, -0.25) is 0 Å². The molecule has 1 saturated carbocycles. The van der Waals surface area contributed by atoms with Crippen LogP contribution in [-0.4, -0.2) is 49.3 Å². The molecule has 2 atom stereocenters. The highest BCUT2D eigenvalue weighted by molar-refractivity contribution is 4.79. The fourth-order valence-corrected chi connectivity index (χ4v) is 3.91. The van der Waals surface area contributed by atoms with Crippen molar-refractivity contribution in [3.8, 4) is 0 Å². The Hall–Kier alpha value is -0.120. The molecule has 3 heteroatoms. The lowest BCUT2D eigenvalue weighted by Gasteiger charge is -2.33. The molecule has 20 heavy (non-hydrogen) atoms. The summed E-state index contributed by atoms with van der Waals surface area (Å²) in [5.41, 5.74) is 0. The predicted molar refractivity (Wildman–Crippen MR) is 85.2 cm³/mol. The third-order valence-corrected chi connectivity index (χ3v) is 5.02. The number of nitrogens with one attached hydrogen (secondary N) is 1. The fourth-order valence-electron chi connectivity index (χ4n) is 3.91. The van der Waals surface area contributed by atoms with E-state index in [-0.39, 0.29) is 0 Å². The van der Waals surface area contributed by atoms with E-state index in [9.17, 15) is 0 Å². The van der Waals surface area contributed by atoms with E-state index in [4.69, 9.17) is 4.74 Å². The van der Waals surface area contributed by atoms with E-state index in [0.29, 0.717) is 18.2 Å². The summed E-state index contributed by atoms with van der Waals surface area (Å²) in [5, 5.41) is 3.73. The van der Waals surface area contributed by atoms with Gasteiger partial charge in [-0.05, 0) is 66.1 Å². The Balaban J connectivity index is 1.56. The van der Waals surface area contributed by atoms with Crippen LogP contribution in [-0.2, 0) is 4.74 Å². The molecule has 0 aromatic heterocycles. The van der Waals surface area contributed by atoms with Crippen molar-refractivity contribution in [1.82, 2.24) is 10.2 Å². The third-order valence-electron chi connectivity index (χ3n) is 5.02. The minimum atomic E-state index is 0.418. The van der Waals surface area contributed by atoms with Gasteiger partial charge in [0.1, 0.15) is 0 Å². The van der Waals surface area contributed by atoms with Crippen molar-refractivity contribution >= 4 is 0 Å². The fraction of sp³-hybridized carbons (Fsp3) is 1.00. The maximum atomic E-state index is 5.79. The van der Waals surface area contributed by atoms with Crippen molar-refractivity contribution in [3.63, 3.8) is 0 Å². The molecule has 1 saturated heterocycles. The minimum Gasteiger partial charge on any atom is -0.375 e. The van der Waals surface area contributed by atoms with E-state index in [2.05, 4.69) is 31.1 Å². The number of hydrogen-bond donors (Lipinski definition) is 1. The first-order chi connectivity index (χ1) is 9.65. The lowest BCUT2D eigenvalue weighted by molar-refractivity contribution is -0.0420. The molecular formula is C17H34N2O. The highest BCUT2D eigenvalue weighted by atomic mass is 16.5. The van der Waals surface area contributed by atoms with Gasteiger partial charge in [-0.1, -0.05) is 19.3 Å². The van der Waals surface area contributed by atoms with Crippen LogP contribution in [0.5, 0.6) is 0 Å². The molecule has 0 aromatic carbocycles. The Morgan fingerprint density at radius 2 is 1.70 bits per heavy atom. The van der Waals surface area contributed by atoms with Gasteiger partial charge < -0.3 is 15.0 Å². The van der Waals surface area contributed by atoms with Crippen molar-refractivity contribution in [2.45, 2.75) is 89.5 Å². The van der Waals surface area contributed by atoms with Gasteiger partial charge in [0.05, 0.1) is 12.2 Å². The molecule has 1 N–H and O–H groups in total. The summed E-state index contributed by atoms with van der Waals surface area (Å²) in [6.45, 7) is 6.79. The van der Waals surface area contributed by atoms with Crippen LogP contribution in [0, 0.1) is 0 Å². The zero-order valence-corrected chi connectivity index (χ0v) is 13.7. The van der Waals surface area contributed by atoms with Crippen molar-refractivity contribution in [1.29, 1.82) is 0 Å². The van der Waals surface area contributed by atoms with Crippen molar-refractivity contribution in [2.75, 3.05) is 20.1 Å². The Morgan fingerprint density at radius 1 is 1.05 bits per heavy atom. The normalized spacial score (nSPS) is 32.7. The SMILES string of the molecule is CC1CC(NCCCN(C)C2CCCCC2)CC(C)O1. The molecule has 0 amide bonds. The van der Waals surface area contributed by atoms with Crippen molar-refractivity contribution < 1.29 is 4.74 Å². The molecule has 1 aliphatic carbocycles. The van der Waals surface area contributed by atoms with Gasteiger partial charge in [0.25, 0.3) is 0 Å². The summed E-state index contributed by atoms with van der Waals surface area (Å²) in [7, 11) is 2.31. The molecular weight excluding hydrogens is 248 g/mol. The van der Waals surface area contributed by atoms with Gasteiger partial charge in [-0.2, -0.15) is 0 Å². The van der Waals surface area contributed by atoms with Crippen LogP contribution in [0.2, 0.25) is 0 Å². The molecule has 1 heterocycles. The zero-order valence-electron chi connectivity index (χ0n) is 13.7. The molecule has 2 aliphatic rings. The average Bonchev–Trinajstić information content (AvgIpc) is 2.43. The molecule has 0 spiro atoms. The number of ether oxygens (including phenoxy) is 1. The molecule has 0 bridgehead atoms. The Bertz CT molecular complexity index is 256. The third kappa shape index (κ3) is 5.34. The van der Waals surface area contributed by atoms with E-state index >= 15 is 0 Å². The van der Waals surface area contributed by atoms with Gasteiger partial charge in [-0.25, -0.2) is 0 Å². The average molecular weight is 282 g/mol. The monoisotopic (exact) mass is 282 g/mol. The number of hydrogen-bond acceptors (Lipinski definition) is 3. The molecule has 1 aliphatic heterocycles. The highest BCUT2D eigenvalue weighted by Crippen LogP contribution is 2.22. The lowest BCUT2D eigenvalue weighted by atomic mass is 9.94. The Kier molecular flexibility index (Phi) is 6.79. The topological polar surface area (TPSA) is 24.5 Å². The summed E-state index contributed by atoms with van der Waals surface area (Å²) in [6.07, 6.45) is 11.6.